The summed E-state index contributed by atoms with van der Waals surface area (Å²) >= 11 is 0. The van der Waals surface area contributed by atoms with E-state index in [2.05, 4.69) is 10.2 Å². The van der Waals surface area contributed by atoms with E-state index in [1.807, 2.05) is 19.1 Å². The van der Waals surface area contributed by atoms with E-state index in [0.717, 1.165) is 57.2 Å². The van der Waals surface area contributed by atoms with Crippen molar-refractivity contribution in [1.82, 2.24) is 15.1 Å². The number of hydrogen-bond donors (Lipinski definition) is 1. The first kappa shape index (κ1) is 19.5. The molecule has 3 rings (SSSR count). The van der Waals surface area contributed by atoms with Crippen LogP contribution in [0, 0.1) is 0 Å². The minimum absolute atomic E-state index is 0.215. The molecule has 2 aliphatic heterocycles. The normalized spacial score (nSPS) is 20.8. The molecule has 27 heavy (non-hydrogen) atoms. The number of carbonyl (C=O) groups excluding carboxylic acids is 1. The van der Waals surface area contributed by atoms with Gasteiger partial charge in [0, 0.05) is 45.8 Å². The first-order valence-corrected chi connectivity index (χ1v) is 9.85. The van der Waals surface area contributed by atoms with Gasteiger partial charge in [-0.2, -0.15) is 0 Å². The Labute approximate surface area is 160 Å². The monoisotopic (exact) mass is 378 g/mol. The summed E-state index contributed by atoms with van der Waals surface area (Å²) in [5.74, 6) is 1.83. The van der Waals surface area contributed by atoms with Crippen LogP contribution in [-0.4, -0.2) is 80.4 Å². The van der Waals surface area contributed by atoms with Gasteiger partial charge in [-0.05, 0) is 31.9 Å². The van der Waals surface area contributed by atoms with Gasteiger partial charge in [0.1, 0.15) is 5.76 Å². The van der Waals surface area contributed by atoms with Gasteiger partial charge in [-0.1, -0.05) is 0 Å². The van der Waals surface area contributed by atoms with Crippen LogP contribution >= 0.6 is 0 Å². The zero-order chi connectivity index (χ0) is 18.9. The lowest BCUT2D eigenvalue weighted by molar-refractivity contribution is 0.0912. The van der Waals surface area contributed by atoms with Gasteiger partial charge in [0.15, 0.2) is 5.96 Å². The molecule has 0 radical (unpaired) electrons. The van der Waals surface area contributed by atoms with Crippen molar-refractivity contribution in [3.63, 3.8) is 0 Å². The quantitative estimate of drug-likeness (QED) is 0.600. The van der Waals surface area contributed by atoms with E-state index in [1.54, 1.807) is 11.2 Å². The molecule has 8 nitrogen and oxygen atoms in total. The molecule has 1 atom stereocenters. The molecule has 2 aliphatic rings. The highest BCUT2D eigenvalue weighted by Crippen LogP contribution is 2.12. The van der Waals surface area contributed by atoms with Crippen LogP contribution in [0.4, 0.5) is 4.79 Å². The maximum absolute atomic E-state index is 11.9. The van der Waals surface area contributed by atoms with Gasteiger partial charge in [0.25, 0.3) is 0 Å². The molecule has 0 aromatic carbocycles. The highest BCUT2D eigenvalue weighted by molar-refractivity contribution is 5.80. The fraction of sp³-hybridized carbons (Fsp3) is 0.684. The molecule has 1 aromatic heterocycles. The highest BCUT2D eigenvalue weighted by Gasteiger charge is 2.24. The fourth-order valence-electron chi connectivity index (χ4n) is 3.31. The lowest BCUT2D eigenvalue weighted by Crippen LogP contribution is -2.54. The standard InChI is InChI=1S/C19H30N4O4/c1-2-25-19(24)23-11-9-22(10-12-23)18(21-15-17-6-4-14-27-17)20-8-7-16-5-3-13-26-16/h3,5,13,17H,2,4,6-12,14-15H2,1H3,(H,20,21). The summed E-state index contributed by atoms with van der Waals surface area (Å²) in [5, 5.41) is 3.45. The number of piperazine rings is 1. The Kier molecular flexibility index (Phi) is 7.38. The van der Waals surface area contributed by atoms with Gasteiger partial charge in [-0.15, -0.1) is 0 Å². The molecule has 2 fully saturated rings. The third kappa shape index (κ3) is 5.89. The van der Waals surface area contributed by atoms with E-state index >= 15 is 0 Å². The van der Waals surface area contributed by atoms with Gasteiger partial charge in [-0.3, -0.25) is 4.99 Å². The molecule has 0 aliphatic carbocycles. The molecule has 3 heterocycles. The number of nitrogens with one attached hydrogen (secondary N) is 1. The molecule has 0 saturated carbocycles. The average molecular weight is 378 g/mol. The Hall–Kier alpha value is -2.22. The van der Waals surface area contributed by atoms with E-state index in [1.165, 1.54) is 0 Å². The van der Waals surface area contributed by atoms with Crippen molar-refractivity contribution in [3.8, 4) is 0 Å². The van der Waals surface area contributed by atoms with Gasteiger partial charge in [0.05, 0.1) is 25.5 Å². The number of aliphatic imine (C=N–C) groups is 1. The largest absolute Gasteiger partial charge is 0.469 e. The maximum Gasteiger partial charge on any atom is 0.409 e. The molecule has 150 valence electrons. The van der Waals surface area contributed by atoms with Crippen LogP contribution in [0.1, 0.15) is 25.5 Å². The van der Waals surface area contributed by atoms with E-state index in [4.69, 9.17) is 18.9 Å². The third-order valence-electron chi connectivity index (χ3n) is 4.81. The van der Waals surface area contributed by atoms with Crippen molar-refractivity contribution < 1.29 is 18.7 Å². The number of amides is 1. The van der Waals surface area contributed by atoms with Crippen molar-refractivity contribution in [3.05, 3.63) is 24.2 Å². The van der Waals surface area contributed by atoms with Crippen LogP contribution in [0.15, 0.2) is 27.8 Å². The zero-order valence-corrected chi connectivity index (χ0v) is 16.1. The Balaban J connectivity index is 1.53. The van der Waals surface area contributed by atoms with Gasteiger partial charge >= 0.3 is 6.09 Å². The van der Waals surface area contributed by atoms with Crippen molar-refractivity contribution in [1.29, 1.82) is 0 Å². The van der Waals surface area contributed by atoms with Crippen LogP contribution in [0.2, 0.25) is 0 Å². The zero-order valence-electron chi connectivity index (χ0n) is 16.1. The predicted molar refractivity (Wildman–Crippen MR) is 102 cm³/mol. The second-order valence-corrected chi connectivity index (χ2v) is 6.73. The number of carbonyl (C=O) groups is 1. The van der Waals surface area contributed by atoms with Gasteiger partial charge in [0.2, 0.25) is 0 Å². The van der Waals surface area contributed by atoms with Crippen LogP contribution in [0.5, 0.6) is 0 Å². The molecule has 0 bridgehead atoms. The van der Waals surface area contributed by atoms with E-state index in [9.17, 15) is 4.79 Å². The first-order chi connectivity index (χ1) is 13.3. The van der Waals surface area contributed by atoms with Crippen molar-refractivity contribution in [2.45, 2.75) is 32.3 Å². The van der Waals surface area contributed by atoms with Crippen LogP contribution in [0.3, 0.4) is 0 Å². The summed E-state index contributed by atoms with van der Waals surface area (Å²) < 4.78 is 16.2. The Morgan fingerprint density at radius 3 is 2.81 bits per heavy atom. The van der Waals surface area contributed by atoms with Crippen molar-refractivity contribution >= 4 is 12.1 Å². The number of nitrogens with zero attached hydrogens (tertiary/aromatic N) is 3. The molecular weight excluding hydrogens is 348 g/mol. The molecule has 1 amide bonds. The summed E-state index contributed by atoms with van der Waals surface area (Å²) in [7, 11) is 0. The van der Waals surface area contributed by atoms with Gasteiger partial charge in [-0.25, -0.2) is 4.79 Å². The number of hydrogen-bond acceptors (Lipinski definition) is 5. The summed E-state index contributed by atoms with van der Waals surface area (Å²) in [4.78, 5) is 20.6. The van der Waals surface area contributed by atoms with E-state index < -0.39 is 0 Å². The summed E-state index contributed by atoms with van der Waals surface area (Å²) in [6.07, 6.45) is 4.65. The molecule has 1 N–H and O–H groups in total. The smallest absolute Gasteiger partial charge is 0.409 e. The summed E-state index contributed by atoms with van der Waals surface area (Å²) in [5.41, 5.74) is 0. The molecule has 8 heteroatoms. The summed E-state index contributed by atoms with van der Waals surface area (Å²) in [6.45, 7) is 7.22. The van der Waals surface area contributed by atoms with E-state index in [0.29, 0.717) is 26.2 Å². The fourth-order valence-corrected chi connectivity index (χ4v) is 3.31. The Morgan fingerprint density at radius 2 is 2.15 bits per heavy atom. The van der Waals surface area contributed by atoms with Crippen LogP contribution < -0.4 is 5.32 Å². The number of furan rings is 1. The highest BCUT2D eigenvalue weighted by atomic mass is 16.6. The van der Waals surface area contributed by atoms with Crippen LogP contribution in [0.25, 0.3) is 0 Å². The molecular formula is C19H30N4O4. The predicted octanol–water partition coefficient (Wildman–Crippen LogP) is 1.72. The van der Waals surface area contributed by atoms with Crippen molar-refractivity contribution in [2.75, 3.05) is 52.5 Å². The third-order valence-corrected chi connectivity index (χ3v) is 4.81. The lowest BCUT2D eigenvalue weighted by atomic mass is 10.2. The van der Waals surface area contributed by atoms with Crippen LogP contribution in [-0.2, 0) is 15.9 Å². The molecule has 1 unspecified atom stereocenters. The Bertz CT molecular complexity index is 591. The first-order valence-electron chi connectivity index (χ1n) is 9.85. The lowest BCUT2D eigenvalue weighted by Gasteiger charge is -2.36. The topological polar surface area (TPSA) is 79.5 Å². The SMILES string of the molecule is CCOC(=O)N1CCN(C(=NCC2CCCO2)NCCc2ccco2)CC1. The summed E-state index contributed by atoms with van der Waals surface area (Å²) in [6, 6.07) is 3.87. The maximum atomic E-state index is 11.9. The number of ether oxygens (including phenoxy) is 2. The molecule has 2 saturated heterocycles. The minimum atomic E-state index is -0.235. The number of guanidine groups is 1. The molecule has 0 spiro atoms. The second kappa shape index (κ2) is 10.2. The van der Waals surface area contributed by atoms with Gasteiger partial charge < -0.3 is 29.0 Å². The van der Waals surface area contributed by atoms with E-state index in [-0.39, 0.29) is 12.2 Å². The van der Waals surface area contributed by atoms with Crippen molar-refractivity contribution in [2.24, 2.45) is 4.99 Å². The Morgan fingerprint density at radius 1 is 1.33 bits per heavy atom. The molecule has 1 aromatic rings. The second-order valence-electron chi connectivity index (χ2n) is 6.73. The number of rotatable bonds is 6. The minimum Gasteiger partial charge on any atom is -0.469 e. The average Bonchev–Trinajstić information content (AvgIpc) is 3.39.